The molecular weight excluding hydrogens is 248 g/mol. The standard InChI is InChI=1S/C9H9BrN2O2/c10-6-3-11-9(12-4-6)7-5-14-2-1-8(7)13/h3-4,7H,1-2,5H2. The molecule has 1 aromatic rings. The van der Waals surface area contributed by atoms with Crippen LogP contribution in [0.15, 0.2) is 16.9 Å². The maximum atomic E-state index is 11.5. The molecule has 2 heterocycles. The molecule has 0 saturated carbocycles. The van der Waals surface area contributed by atoms with Crippen LogP contribution in [0, 0.1) is 0 Å². The van der Waals surface area contributed by atoms with E-state index < -0.39 is 0 Å². The second-order valence-electron chi connectivity index (χ2n) is 3.10. The van der Waals surface area contributed by atoms with Gasteiger partial charge in [0.15, 0.2) is 0 Å². The van der Waals surface area contributed by atoms with Crippen molar-refractivity contribution in [3.63, 3.8) is 0 Å². The Hall–Kier alpha value is -0.810. The minimum absolute atomic E-state index is 0.165. The van der Waals surface area contributed by atoms with Gasteiger partial charge in [0.05, 0.1) is 17.7 Å². The molecule has 1 saturated heterocycles. The highest BCUT2D eigenvalue weighted by atomic mass is 79.9. The molecule has 0 amide bonds. The third-order valence-corrected chi connectivity index (χ3v) is 2.53. The first-order valence-electron chi connectivity index (χ1n) is 4.35. The third kappa shape index (κ3) is 1.99. The lowest BCUT2D eigenvalue weighted by Gasteiger charge is -2.19. The van der Waals surface area contributed by atoms with Crippen LogP contribution in [0.25, 0.3) is 0 Å². The number of carbonyl (C=O) groups excluding carboxylic acids is 1. The number of ketones is 1. The molecule has 0 spiro atoms. The largest absolute Gasteiger partial charge is 0.380 e. The predicted octanol–water partition coefficient (Wildman–Crippen LogP) is 1.31. The lowest BCUT2D eigenvalue weighted by molar-refractivity contribution is -0.126. The maximum absolute atomic E-state index is 11.5. The molecule has 0 bridgehead atoms. The second kappa shape index (κ2) is 4.14. The van der Waals surface area contributed by atoms with E-state index in [9.17, 15) is 4.79 Å². The topological polar surface area (TPSA) is 52.1 Å². The van der Waals surface area contributed by atoms with Gasteiger partial charge in [-0.3, -0.25) is 4.79 Å². The van der Waals surface area contributed by atoms with Gasteiger partial charge in [0.2, 0.25) is 0 Å². The number of aromatic nitrogens is 2. The van der Waals surface area contributed by atoms with Gasteiger partial charge in [-0.25, -0.2) is 9.97 Å². The Morgan fingerprint density at radius 2 is 2.14 bits per heavy atom. The summed E-state index contributed by atoms with van der Waals surface area (Å²) >= 11 is 3.24. The Kier molecular flexibility index (Phi) is 2.88. The molecule has 74 valence electrons. The third-order valence-electron chi connectivity index (χ3n) is 2.12. The molecule has 1 unspecified atom stereocenters. The van der Waals surface area contributed by atoms with Crippen molar-refractivity contribution in [2.45, 2.75) is 12.3 Å². The molecular formula is C9H9BrN2O2. The van der Waals surface area contributed by atoms with E-state index in [0.29, 0.717) is 25.5 Å². The monoisotopic (exact) mass is 256 g/mol. The summed E-state index contributed by atoms with van der Waals surface area (Å²) in [7, 11) is 0. The summed E-state index contributed by atoms with van der Waals surface area (Å²) in [5, 5.41) is 0. The number of nitrogens with zero attached hydrogens (tertiary/aromatic N) is 2. The number of rotatable bonds is 1. The van der Waals surface area contributed by atoms with Gasteiger partial charge in [-0.1, -0.05) is 0 Å². The minimum Gasteiger partial charge on any atom is -0.380 e. The highest BCUT2D eigenvalue weighted by Crippen LogP contribution is 2.19. The molecule has 0 N–H and O–H groups in total. The Morgan fingerprint density at radius 3 is 2.79 bits per heavy atom. The van der Waals surface area contributed by atoms with Crippen LogP contribution in [-0.2, 0) is 9.53 Å². The fourth-order valence-electron chi connectivity index (χ4n) is 1.36. The van der Waals surface area contributed by atoms with Crippen molar-refractivity contribution in [3.8, 4) is 0 Å². The zero-order valence-electron chi connectivity index (χ0n) is 7.44. The van der Waals surface area contributed by atoms with Crippen LogP contribution in [0.4, 0.5) is 0 Å². The molecule has 0 aromatic carbocycles. The zero-order chi connectivity index (χ0) is 9.97. The van der Waals surface area contributed by atoms with Gasteiger partial charge in [-0.15, -0.1) is 0 Å². The van der Waals surface area contributed by atoms with Crippen LogP contribution >= 0.6 is 15.9 Å². The highest BCUT2D eigenvalue weighted by molar-refractivity contribution is 9.10. The fourth-order valence-corrected chi connectivity index (χ4v) is 1.57. The fraction of sp³-hybridized carbons (Fsp3) is 0.444. The Morgan fingerprint density at radius 1 is 1.43 bits per heavy atom. The van der Waals surface area contributed by atoms with Crippen LogP contribution in [-0.4, -0.2) is 29.0 Å². The summed E-state index contributed by atoms with van der Waals surface area (Å²) in [6, 6.07) is 0. The maximum Gasteiger partial charge on any atom is 0.148 e. The summed E-state index contributed by atoms with van der Waals surface area (Å²) in [6.45, 7) is 0.923. The van der Waals surface area contributed by atoms with Gasteiger partial charge in [0.1, 0.15) is 17.5 Å². The molecule has 1 aromatic heterocycles. The smallest absolute Gasteiger partial charge is 0.148 e. The van der Waals surface area contributed by atoms with Gasteiger partial charge < -0.3 is 4.74 Å². The van der Waals surface area contributed by atoms with Gasteiger partial charge in [0, 0.05) is 18.8 Å². The molecule has 14 heavy (non-hydrogen) atoms. The van der Waals surface area contributed by atoms with Crippen LogP contribution in [0.3, 0.4) is 0 Å². The molecule has 1 aliphatic rings. The van der Waals surface area contributed by atoms with Crippen LogP contribution < -0.4 is 0 Å². The molecule has 4 nitrogen and oxygen atoms in total. The molecule has 1 fully saturated rings. The normalized spacial score (nSPS) is 22.4. The lowest BCUT2D eigenvalue weighted by atomic mass is 10.00. The molecule has 0 aliphatic carbocycles. The van der Waals surface area contributed by atoms with Crippen molar-refractivity contribution >= 4 is 21.7 Å². The van der Waals surface area contributed by atoms with E-state index in [0.717, 1.165) is 4.47 Å². The molecule has 1 atom stereocenters. The van der Waals surface area contributed by atoms with Gasteiger partial charge in [-0.2, -0.15) is 0 Å². The number of halogens is 1. The van der Waals surface area contributed by atoms with Gasteiger partial charge in [0.25, 0.3) is 0 Å². The molecule has 0 radical (unpaired) electrons. The summed E-state index contributed by atoms with van der Waals surface area (Å²) < 4.78 is 6.04. The van der Waals surface area contributed by atoms with Crippen molar-refractivity contribution in [3.05, 3.63) is 22.7 Å². The van der Waals surface area contributed by atoms with Crippen LogP contribution in [0.1, 0.15) is 18.2 Å². The van der Waals surface area contributed by atoms with Gasteiger partial charge >= 0.3 is 0 Å². The quantitative estimate of drug-likeness (QED) is 0.761. The van der Waals surface area contributed by atoms with E-state index in [1.165, 1.54) is 0 Å². The van der Waals surface area contributed by atoms with E-state index in [4.69, 9.17) is 4.74 Å². The summed E-state index contributed by atoms with van der Waals surface area (Å²) in [6.07, 6.45) is 3.75. The number of hydrogen-bond donors (Lipinski definition) is 0. The number of carbonyl (C=O) groups is 1. The van der Waals surface area contributed by atoms with Crippen LogP contribution in [0.5, 0.6) is 0 Å². The van der Waals surface area contributed by atoms with E-state index in [1.807, 2.05) is 0 Å². The van der Waals surface area contributed by atoms with Gasteiger partial charge in [-0.05, 0) is 15.9 Å². The zero-order valence-corrected chi connectivity index (χ0v) is 9.03. The number of Topliss-reactive ketones (excluding diaryl/α,β-unsaturated/α-hetero) is 1. The summed E-state index contributed by atoms with van der Waals surface area (Å²) in [5.74, 6) is 0.438. The molecule has 2 rings (SSSR count). The molecule has 1 aliphatic heterocycles. The average Bonchev–Trinajstić information content (AvgIpc) is 2.20. The van der Waals surface area contributed by atoms with Crippen molar-refractivity contribution in [1.29, 1.82) is 0 Å². The van der Waals surface area contributed by atoms with E-state index >= 15 is 0 Å². The molecule has 5 heteroatoms. The number of ether oxygens (including phenoxy) is 1. The first kappa shape index (κ1) is 9.73. The van der Waals surface area contributed by atoms with Crippen molar-refractivity contribution in [1.82, 2.24) is 9.97 Å². The Balaban J connectivity index is 2.20. The first-order valence-corrected chi connectivity index (χ1v) is 5.14. The van der Waals surface area contributed by atoms with E-state index in [2.05, 4.69) is 25.9 Å². The van der Waals surface area contributed by atoms with Crippen molar-refractivity contribution < 1.29 is 9.53 Å². The van der Waals surface area contributed by atoms with Crippen molar-refractivity contribution in [2.75, 3.05) is 13.2 Å². The van der Waals surface area contributed by atoms with Crippen LogP contribution in [0.2, 0.25) is 0 Å². The second-order valence-corrected chi connectivity index (χ2v) is 4.02. The Bertz CT molecular complexity index is 339. The lowest BCUT2D eigenvalue weighted by Crippen LogP contribution is -2.27. The summed E-state index contributed by atoms with van der Waals surface area (Å²) in [5.41, 5.74) is 0. The predicted molar refractivity (Wildman–Crippen MR) is 52.9 cm³/mol. The highest BCUT2D eigenvalue weighted by Gasteiger charge is 2.26. The van der Waals surface area contributed by atoms with Crippen molar-refractivity contribution in [2.24, 2.45) is 0 Å². The Labute approximate surface area is 89.8 Å². The number of hydrogen-bond acceptors (Lipinski definition) is 4. The summed E-state index contributed by atoms with van der Waals surface area (Å²) in [4.78, 5) is 19.7. The van der Waals surface area contributed by atoms with E-state index in [-0.39, 0.29) is 11.7 Å². The SMILES string of the molecule is O=C1CCOCC1c1ncc(Br)cn1. The average molecular weight is 257 g/mol. The first-order chi connectivity index (χ1) is 6.77. The minimum atomic E-state index is -0.281. The van der Waals surface area contributed by atoms with E-state index in [1.54, 1.807) is 12.4 Å².